The van der Waals surface area contributed by atoms with Crippen LogP contribution in [0, 0.1) is 5.92 Å². The number of nitrogens with zero attached hydrogens (tertiary/aromatic N) is 2. The number of carbonyl (C=O) groups is 3. The van der Waals surface area contributed by atoms with Crippen LogP contribution < -0.4 is 20.9 Å². The molecule has 0 bridgehead atoms. The van der Waals surface area contributed by atoms with Crippen LogP contribution in [0.2, 0.25) is 0 Å². The van der Waals surface area contributed by atoms with Gasteiger partial charge in [0.2, 0.25) is 5.91 Å². The van der Waals surface area contributed by atoms with E-state index in [4.69, 9.17) is 14.2 Å². The molecular weight excluding hydrogens is 638 g/mol. The summed E-state index contributed by atoms with van der Waals surface area (Å²) < 4.78 is 18.2. The summed E-state index contributed by atoms with van der Waals surface area (Å²) in [5.74, 6) is -0.372. The van der Waals surface area contributed by atoms with Gasteiger partial charge in [-0.3, -0.25) is 9.59 Å². The Labute approximate surface area is 293 Å². The molecule has 6 rings (SSSR count). The molecule has 266 valence electrons. The first-order valence-corrected chi connectivity index (χ1v) is 17.4. The van der Waals surface area contributed by atoms with Gasteiger partial charge < -0.3 is 45.1 Å². The van der Waals surface area contributed by atoms with E-state index in [0.717, 1.165) is 53.9 Å². The zero-order chi connectivity index (χ0) is 35.1. The number of hydrogen-bond donors (Lipinski definition) is 4. The lowest BCUT2D eigenvalue weighted by molar-refractivity contribution is -0.276. The third kappa shape index (κ3) is 7.94. The lowest BCUT2D eigenvalue weighted by Gasteiger charge is -2.46. The number of ether oxygens (including phenoxy) is 3. The van der Waals surface area contributed by atoms with Crippen molar-refractivity contribution in [1.29, 1.82) is 0 Å². The van der Waals surface area contributed by atoms with E-state index in [-0.39, 0.29) is 50.3 Å². The van der Waals surface area contributed by atoms with Crippen molar-refractivity contribution in [2.45, 2.75) is 63.9 Å². The first kappa shape index (κ1) is 35.3. The van der Waals surface area contributed by atoms with Gasteiger partial charge in [0.1, 0.15) is 12.1 Å². The smallest absolute Gasteiger partial charge is 0.325 e. The van der Waals surface area contributed by atoms with Crippen molar-refractivity contribution < 1.29 is 33.7 Å². The van der Waals surface area contributed by atoms with E-state index in [1.807, 2.05) is 66.7 Å². The predicted molar refractivity (Wildman–Crippen MR) is 187 cm³/mol. The fourth-order valence-electron chi connectivity index (χ4n) is 7.12. The van der Waals surface area contributed by atoms with E-state index >= 15 is 0 Å². The first-order chi connectivity index (χ1) is 24.3. The van der Waals surface area contributed by atoms with Crippen LogP contribution >= 0.6 is 0 Å². The zero-order valence-corrected chi connectivity index (χ0v) is 28.7. The Hall–Kier alpha value is -4.49. The quantitative estimate of drug-likeness (QED) is 0.222. The molecule has 1 spiro atoms. The third-order valence-corrected chi connectivity index (χ3v) is 10.1. The molecule has 12 heteroatoms. The van der Waals surface area contributed by atoms with Gasteiger partial charge in [-0.2, -0.15) is 0 Å². The Bertz CT molecular complexity index is 1600. The van der Waals surface area contributed by atoms with Gasteiger partial charge in [-0.15, -0.1) is 0 Å². The highest BCUT2D eigenvalue weighted by Crippen LogP contribution is 2.43. The summed E-state index contributed by atoms with van der Waals surface area (Å²) in [5.41, 5.74) is 4.08. The Balaban J connectivity index is 1.13. The van der Waals surface area contributed by atoms with Crippen molar-refractivity contribution in [3.8, 4) is 0 Å². The van der Waals surface area contributed by atoms with Gasteiger partial charge in [0, 0.05) is 43.3 Å². The topological polar surface area (TPSA) is 142 Å². The SMILES string of the molecule is CCOC(=O)CNC(=O)NCc1ccc([C@@H]2O[C@H](CN3CCC4(CC3)C(=O)NCN4c3ccccc3)[C@H](C)[C@H](c3ccc(CO)cc3)O2)cc1. The number of aliphatic hydroxyl groups excluding tert-OH is 1. The largest absolute Gasteiger partial charge is 0.465 e. The van der Waals surface area contributed by atoms with Gasteiger partial charge in [0.05, 0.1) is 32.1 Å². The number of aliphatic hydroxyl groups is 1. The molecule has 3 aromatic rings. The van der Waals surface area contributed by atoms with Crippen LogP contribution in [-0.4, -0.2) is 79.0 Å². The highest BCUT2D eigenvalue weighted by molar-refractivity contribution is 5.93. The minimum absolute atomic E-state index is 0.0225. The van der Waals surface area contributed by atoms with E-state index in [1.165, 1.54) is 0 Å². The molecule has 3 heterocycles. The monoisotopic (exact) mass is 685 g/mol. The molecule has 4 N–H and O–H groups in total. The minimum Gasteiger partial charge on any atom is -0.465 e. The summed E-state index contributed by atoms with van der Waals surface area (Å²) in [6.45, 7) is 6.90. The van der Waals surface area contributed by atoms with Crippen molar-refractivity contribution in [2.24, 2.45) is 5.92 Å². The summed E-state index contributed by atoms with van der Waals surface area (Å²) in [6, 6.07) is 25.3. The molecule has 12 nitrogen and oxygen atoms in total. The maximum atomic E-state index is 13.2. The van der Waals surface area contributed by atoms with E-state index in [2.05, 4.69) is 44.8 Å². The second-order valence-electron chi connectivity index (χ2n) is 13.2. The first-order valence-electron chi connectivity index (χ1n) is 17.4. The summed E-state index contributed by atoms with van der Waals surface area (Å²) in [4.78, 5) is 41.5. The summed E-state index contributed by atoms with van der Waals surface area (Å²) >= 11 is 0. The molecule has 0 saturated carbocycles. The van der Waals surface area contributed by atoms with Crippen molar-refractivity contribution in [2.75, 3.05) is 44.4 Å². The lowest BCUT2D eigenvalue weighted by Crippen LogP contribution is -2.57. The molecule has 0 unspecified atom stereocenters. The number of nitrogens with one attached hydrogen (secondary N) is 3. The van der Waals surface area contributed by atoms with E-state index in [0.29, 0.717) is 13.2 Å². The Morgan fingerprint density at radius 3 is 2.30 bits per heavy atom. The van der Waals surface area contributed by atoms with Crippen LogP contribution in [-0.2, 0) is 37.0 Å². The summed E-state index contributed by atoms with van der Waals surface area (Å²) in [6.07, 6.45) is 0.409. The number of amides is 3. The molecule has 3 fully saturated rings. The van der Waals surface area contributed by atoms with Crippen LogP contribution in [0.1, 0.15) is 61.3 Å². The number of para-hydroxylation sites is 1. The zero-order valence-electron chi connectivity index (χ0n) is 28.7. The number of benzene rings is 3. The van der Waals surface area contributed by atoms with E-state index < -0.39 is 23.8 Å². The number of hydrogen-bond acceptors (Lipinski definition) is 9. The average molecular weight is 686 g/mol. The number of carbonyl (C=O) groups excluding carboxylic acids is 3. The number of rotatable bonds is 11. The predicted octanol–water partition coefficient (Wildman–Crippen LogP) is 3.76. The highest BCUT2D eigenvalue weighted by atomic mass is 16.7. The van der Waals surface area contributed by atoms with Gasteiger partial charge >= 0.3 is 12.0 Å². The number of likely N-dealkylation sites (tertiary alicyclic amines) is 1. The fourth-order valence-corrected chi connectivity index (χ4v) is 7.12. The van der Waals surface area contributed by atoms with Crippen LogP contribution in [0.3, 0.4) is 0 Å². The second kappa shape index (κ2) is 16.0. The van der Waals surface area contributed by atoms with E-state index in [9.17, 15) is 19.5 Å². The van der Waals surface area contributed by atoms with Crippen LogP contribution in [0.4, 0.5) is 10.5 Å². The Kier molecular flexibility index (Phi) is 11.3. The standard InChI is InChI=1S/C38H47N5O7/c1-3-48-33(45)22-40-37(47)39-21-27-9-15-30(16-10-27)35-49-32(26(2)34(50-35)29-13-11-28(24-44)12-14-29)23-42-19-17-38(18-20-42)36(46)41-25-43(38)31-7-5-4-6-8-31/h4-16,26,32,34-35,44H,3,17-25H2,1-2H3,(H,41,46)(H2,39,40,47)/t26-,32+,34+,35+/m0/s1. The van der Waals surface area contributed by atoms with Crippen molar-refractivity contribution in [3.63, 3.8) is 0 Å². The maximum absolute atomic E-state index is 13.2. The molecule has 0 aliphatic carbocycles. The van der Waals surface area contributed by atoms with E-state index in [1.54, 1.807) is 6.92 Å². The fraction of sp³-hybridized carbons (Fsp3) is 0.447. The van der Waals surface area contributed by atoms with Crippen LogP contribution in [0.25, 0.3) is 0 Å². The molecule has 4 atom stereocenters. The van der Waals surface area contributed by atoms with Crippen molar-refractivity contribution >= 4 is 23.6 Å². The summed E-state index contributed by atoms with van der Waals surface area (Å²) in [7, 11) is 0. The van der Waals surface area contributed by atoms with Crippen molar-refractivity contribution in [3.05, 3.63) is 101 Å². The van der Waals surface area contributed by atoms with Crippen LogP contribution in [0.15, 0.2) is 78.9 Å². The highest BCUT2D eigenvalue weighted by Gasteiger charge is 2.51. The van der Waals surface area contributed by atoms with Gasteiger partial charge in [-0.1, -0.05) is 73.7 Å². The second-order valence-corrected chi connectivity index (χ2v) is 13.2. The van der Waals surface area contributed by atoms with Crippen LogP contribution in [0.5, 0.6) is 0 Å². The Morgan fingerprint density at radius 2 is 1.62 bits per heavy atom. The van der Waals surface area contributed by atoms with Crippen molar-refractivity contribution in [1.82, 2.24) is 20.9 Å². The molecule has 0 radical (unpaired) electrons. The normalized spacial score (nSPS) is 23.3. The molecular formula is C38H47N5O7. The minimum atomic E-state index is -0.626. The Morgan fingerprint density at radius 1 is 0.940 bits per heavy atom. The third-order valence-electron chi connectivity index (χ3n) is 10.1. The number of urea groups is 1. The molecule has 3 amide bonds. The maximum Gasteiger partial charge on any atom is 0.325 e. The number of esters is 1. The van der Waals surface area contributed by atoms with Gasteiger partial charge in [-0.05, 0) is 48.6 Å². The van der Waals surface area contributed by atoms with Gasteiger partial charge in [0.15, 0.2) is 6.29 Å². The molecule has 3 aromatic carbocycles. The molecule has 50 heavy (non-hydrogen) atoms. The molecule has 3 aliphatic rings. The van der Waals surface area contributed by atoms with Gasteiger partial charge in [-0.25, -0.2) is 4.79 Å². The lowest BCUT2D eigenvalue weighted by atomic mass is 9.84. The van der Waals surface area contributed by atoms with Gasteiger partial charge in [0.25, 0.3) is 0 Å². The number of anilines is 1. The molecule has 0 aromatic heterocycles. The molecule has 3 aliphatic heterocycles. The number of piperidine rings is 1. The summed E-state index contributed by atoms with van der Waals surface area (Å²) in [5, 5.41) is 17.9. The average Bonchev–Trinajstić information content (AvgIpc) is 3.46. The molecule has 3 saturated heterocycles.